The second kappa shape index (κ2) is 8.05. The van der Waals surface area contributed by atoms with Gasteiger partial charge >= 0.3 is 0 Å². The molecule has 2 heterocycles. The summed E-state index contributed by atoms with van der Waals surface area (Å²) in [7, 11) is 0. The molecule has 4 N–H and O–H groups in total. The lowest BCUT2D eigenvalue weighted by molar-refractivity contribution is -0.113. The predicted molar refractivity (Wildman–Crippen MR) is 97.3 cm³/mol. The molecule has 0 unspecified atom stereocenters. The first-order chi connectivity index (χ1) is 11.7. The quantitative estimate of drug-likeness (QED) is 0.719. The summed E-state index contributed by atoms with van der Waals surface area (Å²) in [6.07, 6.45) is 5.14. The van der Waals surface area contributed by atoms with Gasteiger partial charge in [0.25, 0.3) is 0 Å². The molecule has 1 aliphatic rings. The fourth-order valence-corrected chi connectivity index (χ4v) is 3.34. The Morgan fingerprint density at radius 2 is 1.92 bits per heavy atom. The number of aromatic amines is 1. The number of rotatable bonds is 5. The second-order valence-electron chi connectivity index (χ2n) is 5.79. The van der Waals surface area contributed by atoms with Crippen LogP contribution in [0.2, 0.25) is 0 Å². The molecule has 8 heteroatoms. The fourth-order valence-electron chi connectivity index (χ4n) is 2.73. The van der Waals surface area contributed by atoms with E-state index in [1.165, 1.54) is 43.1 Å². The van der Waals surface area contributed by atoms with Gasteiger partial charge in [0.1, 0.15) is 0 Å². The number of carbonyl (C=O) groups is 1. The molecule has 0 aliphatic carbocycles. The number of H-pyrrole nitrogens is 1. The molecule has 0 saturated carbocycles. The van der Waals surface area contributed by atoms with Crippen molar-refractivity contribution in [1.82, 2.24) is 15.2 Å². The highest BCUT2D eigenvalue weighted by Crippen LogP contribution is 2.22. The highest BCUT2D eigenvalue weighted by molar-refractivity contribution is 7.99. The minimum Gasteiger partial charge on any atom is -0.372 e. The molecule has 3 rings (SSSR count). The number of thioether (sulfide) groups is 1. The van der Waals surface area contributed by atoms with Gasteiger partial charge < -0.3 is 16.0 Å². The number of anilines is 3. The molecule has 1 fully saturated rings. The van der Waals surface area contributed by atoms with Crippen LogP contribution in [0.25, 0.3) is 0 Å². The lowest BCUT2D eigenvalue weighted by atomic mass is 10.2. The van der Waals surface area contributed by atoms with E-state index in [-0.39, 0.29) is 17.6 Å². The molecule has 1 aromatic heterocycles. The van der Waals surface area contributed by atoms with Gasteiger partial charge in [-0.25, -0.2) is 5.10 Å². The first-order valence-electron chi connectivity index (χ1n) is 8.16. The van der Waals surface area contributed by atoms with Crippen molar-refractivity contribution in [1.29, 1.82) is 0 Å². The van der Waals surface area contributed by atoms with Gasteiger partial charge in [0.05, 0.1) is 5.75 Å². The molecule has 1 aliphatic heterocycles. The van der Waals surface area contributed by atoms with Gasteiger partial charge in [0.15, 0.2) is 0 Å². The summed E-state index contributed by atoms with van der Waals surface area (Å²) in [6, 6.07) is 8.05. The molecule has 0 atom stereocenters. The Hall–Kier alpha value is -2.22. The normalized spacial score (nSPS) is 15.1. The lowest BCUT2D eigenvalue weighted by Crippen LogP contribution is -2.23. The van der Waals surface area contributed by atoms with Crippen LogP contribution >= 0.6 is 11.8 Å². The van der Waals surface area contributed by atoms with E-state index in [0.29, 0.717) is 5.16 Å². The summed E-state index contributed by atoms with van der Waals surface area (Å²) in [5.74, 6) is 0.401. The van der Waals surface area contributed by atoms with Crippen molar-refractivity contribution >= 4 is 35.0 Å². The monoisotopic (exact) mass is 346 g/mol. The van der Waals surface area contributed by atoms with Gasteiger partial charge in [-0.3, -0.25) is 4.79 Å². The summed E-state index contributed by atoms with van der Waals surface area (Å²) in [4.78, 5) is 18.4. The van der Waals surface area contributed by atoms with Crippen LogP contribution in [0.4, 0.5) is 17.3 Å². The number of nitrogens with zero attached hydrogens (tertiary/aromatic N) is 3. The average molecular weight is 346 g/mol. The van der Waals surface area contributed by atoms with Gasteiger partial charge in [0.2, 0.25) is 17.0 Å². The maximum absolute atomic E-state index is 12.0. The smallest absolute Gasteiger partial charge is 0.234 e. The molecule has 1 amide bonds. The van der Waals surface area contributed by atoms with Crippen LogP contribution in [-0.2, 0) is 4.79 Å². The van der Waals surface area contributed by atoms with Crippen LogP contribution < -0.4 is 16.0 Å². The Balaban J connectivity index is 1.50. The third kappa shape index (κ3) is 4.64. The largest absolute Gasteiger partial charge is 0.372 e. The number of carbonyl (C=O) groups excluding carboxylic acids is 1. The summed E-state index contributed by atoms with van der Waals surface area (Å²) in [6.45, 7) is 2.23. The zero-order valence-corrected chi connectivity index (χ0v) is 14.3. The lowest BCUT2D eigenvalue weighted by Gasteiger charge is -2.22. The standard InChI is InChI=1S/C16H22N6OS/c17-15-19-16(21-20-15)24-11-14(23)18-12-5-7-13(8-6-12)22-9-3-1-2-4-10-22/h5-8H,1-4,9-11H2,(H,18,23)(H3,17,19,20,21). The molecule has 1 aromatic carbocycles. The number of hydrogen-bond acceptors (Lipinski definition) is 6. The third-order valence-electron chi connectivity index (χ3n) is 3.94. The summed E-state index contributed by atoms with van der Waals surface area (Å²) < 4.78 is 0. The number of benzene rings is 1. The van der Waals surface area contributed by atoms with Gasteiger partial charge in [-0.05, 0) is 37.1 Å². The van der Waals surface area contributed by atoms with E-state index in [4.69, 9.17) is 5.73 Å². The van der Waals surface area contributed by atoms with Crippen LogP contribution in [-0.4, -0.2) is 39.9 Å². The van der Waals surface area contributed by atoms with Crippen LogP contribution in [0.15, 0.2) is 29.4 Å². The van der Waals surface area contributed by atoms with Gasteiger partial charge in [0, 0.05) is 24.5 Å². The van der Waals surface area contributed by atoms with Crippen molar-refractivity contribution in [3.05, 3.63) is 24.3 Å². The Kier molecular flexibility index (Phi) is 5.58. The zero-order valence-electron chi connectivity index (χ0n) is 13.5. The van der Waals surface area contributed by atoms with E-state index < -0.39 is 0 Å². The molecular weight excluding hydrogens is 324 g/mol. The van der Waals surface area contributed by atoms with Crippen LogP contribution in [0, 0.1) is 0 Å². The molecular formula is C16H22N6OS. The number of nitrogen functional groups attached to an aromatic ring is 1. The van der Waals surface area contributed by atoms with E-state index >= 15 is 0 Å². The maximum Gasteiger partial charge on any atom is 0.234 e. The molecule has 2 aromatic rings. The number of hydrogen-bond donors (Lipinski definition) is 3. The average Bonchev–Trinajstić information content (AvgIpc) is 2.84. The van der Waals surface area contributed by atoms with E-state index in [0.717, 1.165) is 18.8 Å². The first kappa shape index (κ1) is 16.6. The van der Waals surface area contributed by atoms with Crippen LogP contribution in [0.3, 0.4) is 0 Å². The number of nitrogens with two attached hydrogens (primary N) is 1. The number of nitrogens with one attached hydrogen (secondary N) is 2. The minimum atomic E-state index is -0.0918. The van der Waals surface area contributed by atoms with Crippen molar-refractivity contribution in [2.24, 2.45) is 0 Å². The Morgan fingerprint density at radius 3 is 2.54 bits per heavy atom. The van der Waals surface area contributed by atoms with Crippen molar-refractivity contribution in [3.8, 4) is 0 Å². The second-order valence-corrected chi connectivity index (χ2v) is 6.73. The first-order valence-corrected chi connectivity index (χ1v) is 9.15. The van der Waals surface area contributed by atoms with Crippen LogP contribution in [0.5, 0.6) is 0 Å². The zero-order chi connectivity index (χ0) is 16.8. The molecule has 1 saturated heterocycles. The third-order valence-corrected chi connectivity index (χ3v) is 4.78. The van der Waals surface area contributed by atoms with Crippen molar-refractivity contribution in [3.63, 3.8) is 0 Å². The highest BCUT2D eigenvalue weighted by Gasteiger charge is 2.10. The van der Waals surface area contributed by atoms with E-state index in [2.05, 4.69) is 37.5 Å². The Labute approximate surface area is 145 Å². The predicted octanol–water partition coefficient (Wildman–Crippen LogP) is 2.50. The molecule has 0 spiro atoms. The van der Waals surface area contributed by atoms with E-state index in [1.807, 2.05) is 12.1 Å². The van der Waals surface area contributed by atoms with Gasteiger partial charge in [-0.1, -0.05) is 24.6 Å². The summed E-state index contributed by atoms with van der Waals surface area (Å²) >= 11 is 1.24. The van der Waals surface area contributed by atoms with Crippen LogP contribution in [0.1, 0.15) is 25.7 Å². The number of aromatic nitrogens is 3. The summed E-state index contributed by atoms with van der Waals surface area (Å²) in [5.41, 5.74) is 7.47. The van der Waals surface area contributed by atoms with Crippen molar-refractivity contribution in [2.75, 3.05) is 34.8 Å². The molecule has 7 nitrogen and oxygen atoms in total. The SMILES string of the molecule is Nc1nc(SCC(=O)Nc2ccc(N3CCCCCC3)cc2)n[nH]1. The van der Waals surface area contributed by atoms with Gasteiger partial charge in [-0.2, -0.15) is 4.98 Å². The summed E-state index contributed by atoms with van der Waals surface area (Å²) in [5, 5.41) is 9.78. The molecule has 0 radical (unpaired) electrons. The molecule has 24 heavy (non-hydrogen) atoms. The van der Waals surface area contributed by atoms with E-state index in [1.54, 1.807) is 0 Å². The topological polar surface area (TPSA) is 99.9 Å². The van der Waals surface area contributed by atoms with Gasteiger partial charge in [-0.15, -0.1) is 5.10 Å². The van der Waals surface area contributed by atoms with E-state index in [9.17, 15) is 4.79 Å². The Morgan fingerprint density at radius 1 is 1.21 bits per heavy atom. The minimum absolute atomic E-state index is 0.0918. The molecule has 0 bridgehead atoms. The maximum atomic E-state index is 12.0. The molecule has 128 valence electrons. The van der Waals surface area contributed by atoms with Crippen molar-refractivity contribution in [2.45, 2.75) is 30.8 Å². The highest BCUT2D eigenvalue weighted by atomic mass is 32.2. The number of amides is 1. The fraction of sp³-hybridized carbons (Fsp3) is 0.438. The Bertz CT molecular complexity index is 663. The van der Waals surface area contributed by atoms with Crippen molar-refractivity contribution < 1.29 is 4.79 Å².